The van der Waals surface area contributed by atoms with Gasteiger partial charge in [0, 0.05) is 11.8 Å². The van der Waals surface area contributed by atoms with Crippen molar-refractivity contribution in [3.63, 3.8) is 0 Å². The van der Waals surface area contributed by atoms with Crippen molar-refractivity contribution in [3.8, 4) is 11.5 Å². The van der Waals surface area contributed by atoms with Gasteiger partial charge in [0.15, 0.2) is 0 Å². The first kappa shape index (κ1) is 18.8. The number of anilines is 2. The normalized spacial score (nSPS) is 17.7. The van der Waals surface area contributed by atoms with E-state index < -0.39 is 0 Å². The van der Waals surface area contributed by atoms with Crippen LogP contribution < -0.4 is 20.1 Å². The van der Waals surface area contributed by atoms with Crippen molar-refractivity contribution in [1.29, 1.82) is 0 Å². The molecule has 2 unspecified atom stereocenters. The highest BCUT2D eigenvalue weighted by atomic mass is 16.5. The van der Waals surface area contributed by atoms with E-state index in [1.54, 1.807) is 25.3 Å². The Balaban J connectivity index is 1.59. The predicted octanol–water partition coefficient (Wildman–Crippen LogP) is 3.48. The van der Waals surface area contributed by atoms with Gasteiger partial charge in [0.05, 0.1) is 31.7 Å². The summed E-state index contributed by atoms with van der Waals surface area (Å²) in [6.45, 7) is 2.08. The summed E-state index contributed by atoms with van der Waals surface area (Å²) >= 11 is 0. The molecular weight excluding hydrogens is 344 g/mol. The molecule has 1 aliphatic rings. The Hall–Kier alpha value is -3.02. The van der Waals surface area contributed by atoms with E-state index in [9.17, 15) is 9.59 Å². The summed E-state index contributed by atoms with van der Waals surface area (Å²) in [5.41, 5.74) is 2.49. The van der Waals surface area contributed by atoms with Crippen LogP contribution in [-0.2, 0) is 16.0 Å². The lowest BCUT2D eigenvalue weighted by atomic mass is 10.1. The first-order valence-corrected chi connectivity index (χ1v) is 8.98. The molecule has 1 saturated carbocycles. The topological polar surface area (TPSA) is 76.7 Å². The molecule has 2 atom stereocenters. The number of rotatable bonds is 7. The van der Waals surface area contributed by atoms with Crippen LogP contribution in [0.5, 0.6) is 11.5 Å². The third kappa shape index (κ3) is 4.39. The standard InChI is InChI=1S/C21H24N2O4/c1-4-13-5-7-14(8-6-13)22-20(24)16-12-17(16)21(25)23-18-11-15(26-2)9-10-19(18)27-3/h5-11,16-17H,4,12H2,1-3H3,(H,22,24)(H,23,25). The zero-order valence-corrected chi connectivity index (χ0v) is 15.7. The highest BCUT2D eigenvalue weighted by Crippen LogP contribution is 2.41. The van der Waals surface area contributed by atoms with Crippen LogP contribution in [0.1, 0.15) is 18.9 Å². The van der Waals surface area contributed by atoms with Crippen LogP contribution in [-0.4, -0.2) is 26.0 Å². The maximum atomic E-state index is 12.5. The molecule has 3 rings (SSSR count). The molecule has 2 amide bonds. The summed E-state index contributed by atoms with van der Waals surface area (Å²) in [6.07, 6.45) is 1.49. The molecule has 0 spiro atoms. The van der Waals surface area contributed by atoms with Gasteiger partial charge in [-0.25, -0.2) is 0 Å². The number of benzene rings is 2. The van der Waals surface area contributed by atoms with E-state index in [1.165, 1.54) is 12.7 Å². The van der Waals surface area contributed by atoms with Gasteiger partial charge in [0.1, 0.15) is 11.5 Å². The van der Waals surface area contributed by atoms with Crippen LogP contribution in [0, 0.1) is 11.8 Å². The Bertz CT molecular complexity index is 833. The Morgan fingerprint density at radius 2 is 1.63 bits per heavy atom. The number of aryl methyl sites for hydroxylation is 1. The van der Waals surface area contributed by atoms with Crippen LogP contribution in [0.25, 0.3) is 0 Å². The molecule has 0 aliphatic heterocycles. The van der Waals surface area contributed by atoms with Crippen LogP contribution in [0.2, 0.25) is 0 Å². The summed E-state index contributed by atoms with van der Waals surface area (Å²) in [7, 11) is 3.09. The quantitative estimate of drug-likeness (QED) is 0.784. The van der Waals surface area contributed by atoms with E-state index in [2.05, 4.69) is 17.6 Å². The van der Waals surface area contributed by atoms with Gasteiger partial charge in [-0.2, -0.15) is 0 Å². The Labute approximate surface area is 158 Å². The molecule has 2 aromatic carbocycles. The maximum absolute atomic E-state index is 12.5. The molecule has 2 N–H and O–H groups in total. The Morgan fingerprint density at radius 3 is 2.22 bits per heavy atom. The van der Waals surface area contributed by atoms with Gasteiger partial charge in [-0.3, -0.25) is 9.59 Å². The van der Waals surface area contributed by atoms with Gasteiger partial charge < -0.3 is 20.1 Å². The van der Waals surface area contributed by atoms with Gasteiger partial charge in [-0.1, -0.05) is 19.1 Å². The minimum atomic E-state index is -0.337. The second-order valence-corrected chi connectivity index (χ2v) is 6.54. The number of hydrogen-bond acceptors (Lipinski definition) is 4. The lowest BCUT2D eigenvalue weighted by Crippen LogP contribution is -2.20. The maximum Gasteiger partial charge on any atom is 0.228 e. The van der Waals surface area contributed by atoms with Crippen molar-refractivity contribution >= 4 is 23.2 Å². The van der Waals surface area contributed by atoms with Gasteiger partial charge in [0.2, 0.25) is 11.8 Å². The second kappa shape index (κ2) is 8.12. The van der Waals surface area contributed by atoms with Gasteiger partial charge in [-0.05, 0) is 42.7 Å². The van der Waals surface area contributed by atoms with Gasteiger partial charge in [-0.15, -0.1) is 0 Å². The molecule has 6 nitrogen and oxygen atoms in total. The highest BCUT2D eigenvalue weighted by Gasteiger charge is 2.48. The molecule has 1 fully saturated rings. The smallest absolute Gasteiger partial charge is 0.228 e. The SMILES string of the molecule is CCc1ccc(NC(=O)C2CC2C(=O)Nc2cc(OC)ccc2OC)cc1. The largest absolute Gasteiger partial charge is 0.497 e. The molecular formula is C21H24N2O4. The number of hydrogen-bond donors (Lipinski definition) is 2. The third-order valence-corrected chi connectivity index (χ3v) is 4.76. The van der Waals surface area contributed by atoms with Crippen molar-refractivity contribution in [1.82, 2.24) is 0 Å². The van der Waals surface area contributed by atoms with Gasteiger partial charge >= 0.3 is 0 Å². The first-order chi connectivity index (χ1) is 13.0. The predicted molar refractivity (Wildman–Crippen MR) is 104 cm³/mol. The first-order valence-electron chi connectivity index (χ1n) is 8.98. The van der Waals surface area contributed by atoms with E-state index in [1.807, 2.05) is 24.3 Å². The van der Waals surface area contributed by atoms with E-state index in [0.717, 1.165) is 12.1 Å². The number of amides is 2. The second-order valence-electron chi connectivity index (χ2n) is 6.54. The summed E-state index contributed by atoms with van der Waals surface area (Å²) in [4.78, 5) is 24.9. The van der Waals surface area contributed by atoms with Crippen molar-refractivity contribution < 1.29 is 19.1 Å². The molecule has 0 heterocycles. The number of nitrogens with one attached hydrogen (secondary N) is 2. The molecule has 27 heavy (non-hydrogen) atoms. The lowest BCUT2D eigenvalue weighted by molar-refractivity contribution is -0.122. The van der Waals surface area contributed by atoms with Crippen molar-refractivity contribution in [3.05, 3.63) is 48.0 Å². The van der Waals surface area contributed by atoms with E-state index >= 15 is 0 Å². The fraction of sp³-hybridized carbons (Fsp3) is 0.333. The van der Waals surface area contributed by atoms with Crippen LogP contribution in [0.4, 0.5) is 11.4 Å². The third-order valence-electron chi connectivity index (χ3n) is 4.76. The van der Waals surface area contributed by atoms with Gasteiger partial charge in [0.25, 0.3) is 0 Å². The average Bonchev–Trinajstić information content (AvgIpc) is 3.49. The summed E-state index contributed by atoms with van der Waals surface area (Å²) in [5.74, 6) is 0.192. The fourth-order valence-electron chi connectivity index (χ4n) is 2.97. The molecule has 6 heteroatoms. The van der Waals surface area contributed by atoms with E-state index in [0.29, 0.717) is 23.6 Å². The fourth-order valence-corrected chi connectivity index (χ4v) is 2.97. The van der Waals surface area contributed by atoms with Crippen LogP contribution in [0.3, 0.4) is 0 Å². The van der Waals surface area contributed by atoms with E-state index in [4.69, 9.17) is 9.47 Å². The molecule has 0 aromatic heterocycles. The molecule has 0 saturated heterocycles. The van der Waals surface area contributed by atoms with Crippen molar-refractivity contribution in [2.24, 2.45) is 11.8 Å². The summed E-state index contributed by atoms with van der Waals surface area (Å²) < 4.78 is 10.5. The van der Waals surface area contributed by atoms with Crippen molar-refractivity contribution in [2.75, 3.05) is 24.9 Å². The number of ether oxygens (including phenoxy) is 2. The monoisotopic (exact) mass is 368 g/mol. The molecule has 0 bridgehead atoms. The summed E-state index contributed by atoms with van der Waals surface area (Å²) in [5, 5.41) is 5.72. The Kier molecular flexibility index (Phi) is 5.64. The molecule has 142 valence electrons. The molecule has 2 aromatic rings. The van der Waals surface area contributed by atoms with Crippen molar-refractivity contribution in [2.45, 2.75) is 19.8 Å². The highest BCUT2D eigenvalue weighted by molar-refractivity contribution is 6.03. The number of carbonyl (C=O) groups is 2. The number of methoxy groups -OCH3 is 2. The zero-order chi connectivity index (χ0) is 19.4. The van der Waals surface area contributed by atoms with Crippen LogP contribution >= 0.6 is 0 Å². The molecule has 1 aliphatic carbocycles. The lowest BCUT2D eigenvalue weighted by Gasteiger charge is -2.12. The Morgan fingerprint density at radius 1 is 0.963 bits per heavy atom. The number of carbonyl (C=O) groups excluding carboxylic acids is 2. The minimum Gasteiger partial charge on any atom is -0.497 e. The minimum absolute atomic E-state index is 0.128. The zero-order valence-electron chi connectivity index (χ0n) is 15.7. The molecule has 0 radical (unpaired) electrons. The van der Waals surface area contributed by atoms with Crippen LogP contribution in [0.15, 0.2) is 42.5 Å². The summed E-state index contributed by atoms with van der Waals surface area (Å²) in [6, 6.07) is 12.9. The van der Waals surface area contributed by atoms with E-state index in [-0.39, 0.29) is 23.7 Å². The average molecular weight is 368 g/mol.